The number of hydrogen-bond acceptors (Lipinski definition) is 4. The van der Waals surface area contributed by atoms with Gasteiger partial charge in [-0.15, -0.1) is 0 Å². The second-order valence-electron chi connectivity index (χ2n) is 5.69. The van der Waals surface area contributed by atoms with Gasteiger partial charge >= 0.3 is 0 Å². The lowest BCUT2D eigenvalue weighted by Gasteiger charge is -2.23. The number of carbonyl (C=O) groups is 1. The van der Waals surface area contributed by atoms with Gasteiger partial charge in [-0.2, -0.15) is 0 Å². The molecule has 0 radical (unpaired) electrons. The molecule has 23 heavy (non-hydrogen) atoms. The van der Waals surface area contributed by atoms with Crippen molar-refractivity contribution in [2.24, 2.45) is 0 Å². The van der Waals surface area contributed by atoms with Crippen molar-refractivity contribution in [2.45, 2.75) is 25.0 Å². The van der Waals surface area contributed by atoms with E-state index in [1.54, 1.807) is 7.11 Å². The minimum atomic E-state index is -0.0635. The molecular formula is C18H21N3O2. The fourth-order valence-corrected chi connectivity index (χ4v) is 2.82. The molecule has 3 unspecified atom stereocenters. The smallest absolute Gasteiger partial charge is 0.251 e. The molecule has 1 saturated heterocycles. The first-order chi connectivity index (χ1) is 11.2. The number of amides is 1. The monoisotopic (exact) mass is 311 g/mol. The lowest BCUT2D eigenvalue weighted by atomic mass is 9.96. The van der Waals surface area contributed by atoms with Crippen molar-refractivity contribution in [1.29, 1.82) is 0 Å². The van der Waals surface area contributed by atoms with Crippen molar-refractivity contribution < 1.29 is 9.53 Å². The SMILES string of the molecule is COc1ccc(C2NNC(C)C2NC(=O)c2ccccc2)cc1. The summed E-state index contributed by atoms with van der Waals surface area (Å²) in [6, 6.07) is 17.2. The van der Waals surface area contributed by atoms with Crippen molar-refractivity contribution in [2.75, 3.05) is 7.11 Å². The molecule has 2 aromatic rings. The Kier molecular flexibility index (Phi) is 4.60. The van der Waals surface area contributed by atoms with Crippen molar-refractivity contribution in [3.63, 3.8) is 0 Å². The Balaban J connectivity index is 1.77. The molecule has 0 spiro atoms. The lowest BCUT2D eigenvalue weighted by molar-refractivity contribution is 0.0930. The molecule has 0 saturated carbocycles. The Morgan fingerprint density at radius 3 is 2.39 bits per heavy atom. The van der Waals surface area contributed by atoms with Gasteiger partial charge in [-0.25, -0.2) is 5.43 Å². The quantitative estimate of drug-likeness (QED) is 0.808. The van der Waals surface area contributed by atoms with E-state index in [2.05, 4.69) is 16.2 Å². The maximum atomic E-state index is 12.4. The molecule has 3 atom stereocenters. The number of nitrogens with one attached hydrogen (secondary N) is 3. The highest BCUT2D eigenvalue weighted by Gasteiger charge is 2.35. The number of rotatable bonds is 4. The summed E-state index contributed by atoms with van der Waals surface area (Å²) in [6.45, 7) is 2.05. The van der Waals surface area contributed by atoms with Crippen LogP contribution < -0.4 is 20.9 Å². The molecule has 0 aliphatic carbocycles. The highest BCUT2D eigenvalue weighted by Crippen LogP contribution is 2.25. The van der Waals surface area contributed by atoms with E-state index in [4.69, 9.17) is 4.74 Å². The molecule has 1 aliphatic rings. The van der Waals surface area contributed by atoms with Crippen LogP contribution in [0.3, 0.4) is 0 Å². The molecule has 2 aromatic carbocycles. The van der Waals surface area contributed by atoms with Crippen LogP contribution in [-0.2, 0) is 0 Å². The van der Waals surface area contributed by atoms with Crippen molar-refractivity contribution in [1.82, 2.24) is 16.2 Å². The first-order valence-electron chi connectivity index (χ1n) is 7.70. The molecule has 120 valence electrons. The molecule has 1 aliphatic heterocycles. The van der Waals surface area contributed by atoms with E-state index in [0.717, 1.165) is 11.3 Å². The zero-order valence-corrected chi connectivity index (χ0v) is 13.2. The number of benzene rings is 2. The largest absolute Gasteiger partial charge is 0.497 e. The number of methoxy groups -OCH3 is 1. The zero-order valence-electron chi connectivity index (χ0n) is 13.2. The second-order valence-corrected chi connectivity index (χ2v) is 5.69. The predicted molar refractivity (Wildman–Crippen MR) is 89.2 cm³/mol. The molecule has 1 fully saturated rings. The van der Waals surface area contributed by atoms with Gasteiger partial charge in [0.25, 0.3) is 5.91 Å². The van der Waals surface area contributed by atoms with Gasteiger partial charge in [0.2, 0.25) is 0 Å². The van der Waals surface area contributed by atoms with E-state index >= 15 is 0 Å². The van der Waals surface area contributed by atoms with E-state index in [1.165, 1.54) is 0 Å². The molecule has 3 N–H and O–H groups in total. The van der Waals surface area contributed by atoms with E-state index < -0.39 is 0 Å². The maximum Gasteiger partial charge on any atom is 0.251 e. The van der Waals surface area contributed by atoms with Crippen LogP contribution in [0.1, 0.15) is 28.9 Å². The van der Waals surface area contributed by atoms with E-state index in [-0.39, 0.29) is 24.0 Å². The van der Waals surface area contributed by atoms with Gasteiger partial charge in [-0.05, 0) is 36.8 Å². The zero-order chi connectivity index (χ0) is 16.2. The summed E-state index contributed by atoms with van der Waals surface area (Å²) in [7, 11) is 1.65. The summed E-state index contributed by atoms with van der Waals surface area (Å²) in [6.07, 6.45) is 0. The van der Waals surface area contributed by atoms with Crippen LogP contribution in [0.15, 0.2) is 54.6 Å². The van der Waals surface area contributed by atoms with Crippen LogP contribution in [-0.4, -0.2) is 25.1 Å². The third-order valence-electron chi connectivity index (χ3n) is 4.17. The van der Waals surface area contributed by atoms with Gasteiger partial charge in [0, 0.05) is 11.6 Å². The highest BCUT2D eigenvalue weighted by atomic mass is 16.5. The molecule has 5 heteroatoms. The summed E-state index contributed by atoms with van der Waals surface area (Å²) in [5, 5.41) is 3.13. The summed E-state index contributed by atoms with van der Waals surface area (Å²) in [5.74, 6) is 0.754. The predicted octanol–water partition coefficient (Wildman–Crippen LogP) is 2.03. The Morgan fingerprint density at radius 2 is 1.74 bits per heavy atom. The number of carbonyl (C=O) groups excluding carboxylic acids is 1. The second kappa shape index (κ2) is 6.81. The van der Waals surface area contributed by atoms with E-state index in [1.807, 2.05) is 61.5 Å². The average molecular weight is 311 g/mol. The average Bonchev–Trinajstić information content (AvgIpc) is 2.96. The number of hydrazine groups is 1. The summed E-state index contributed by atoms with van der Waals surface area (Å²) >= 11 is 0. The van der Waals surface area contributed by atoms with Crippen LogP contribution in [0.2, 0.25) is 0 Å². The van der Waals surface area contributed by atoms with Crippen LogP contribution in [0.25, 0.3) is 0 Å². The third-order valence-corrected chi connectivity index (χ3v) is 4.17. The van der Waals surface area contributed by atoms with Gasteiger partial charge in [-0.3, -0.25) is 10.2 Å². The summed E-state index contributed by atoms with van der Waals surface area (Å²) in [5.41, 5.74) is 8.23. The van der Waals surface area contributed by atoms with E-state index in [0.29, 0.717) is 5.56 Å². The number of ether oxygens (including phenoxy) is 1. The fourth-order valence-electron chi connectivity index (χ4n) is 2.82. The van der Waals surface area contributed by atoms with Crippen LogP contribution in [0, 0.1) is 0 Å². The van der Waals surface area contributed by atoms with Crippen LogP contribution in [0.5, 0.6) is 5.75 Å². The molecule has 1 amide bonds. The maximum absolute atomic E-state index is 12.4. The molecular weight excluding hydrogens is 290 g/mol. The molecule has 0 aromatic heterocycles. The normalized spacial score (nSPS) is 23.5. The Bertz CT molecular complexity index is 658. The molecule has 1 heterocycles. The molecule has 0 bridgehead atoms. The lowest BCUT2D eigenvalue weighted by Crippen LogP contribution is -2.44. The van der Waals surface area contributed by atoms with E-state index in [9.17, 15) is 4.79 Å². The van der Waals surface area contributed by atoms with Gasteiger partial charge in [0.15, 0.2) is 0 Å². The topological polar surface area (TPSA) is 62.4 Å². The van der Waals surface area contributed by atoms with Crippen molar-refractivity contribution in [3.05, 3.63) is 65.7 Å². The Morgan fingerprint density at radius 1 is 1.04 bits per heavy atom. The summed E-state index contributed by atoms with van der Waals surface area (Å²) in [4.78, 5) is 12.4. The molecule has 3 rings (SSSR count). The molecule has 5 nitrogen and oxygen atoms in total. The van der Waals surface area contributed by atoms with Gasteiger partial charge < -0.3 is 10.1 Å². The third kappa shape index (κ3) is 3.36. The van der Waals surface area contributed by atoms with Gasteiger partial charge in [-0.1, -0.05) is 30.3 Å². The van der Waals surface area contributed by atoms with Gasteiger partial charge in [0.05, 0.1) is 19.2 Å². The standard InChI is InChI=1S/C18H21N3O2/c1-12-16(19-18(22)14-6-4-3-5-7-14)17(21-20-12)13-8-10-15(23-2)11-9-13/h3-12,16-17,20-21H,1-2H3,(H,19,22). The number of hydrogen-bond donors (Lipinski definition) is 3. The van der Waals surface area contributed by atoms with Crippen LogP contribution >= 0.6 is 0 Å². The minimum Gasteiger partial charge on any atom is -0.497 e. The highest BCUT2D eigenvalue weighted by molar-refractivity contribution is 5.94. The summed E-state index contributed by atoms with van der Waals surface area (Å²) < 4.78 is 5.20. The Labute approximate surface area is 136 Å². The Hall–Kier alpha value is -2.37. The van der Waals surface area contributed by atoms with Crippen LogP contribution in [0.4, 0.5) is 0 Å². The minimum absolute atomic E-state index is 0.00330. The first kappa shape index (κ1) is 15.5. The first-order valence-corrected chi connectivity index (χ1v) is 7.70. The fraction of sp³-hybridized carbons (Fsp3) is 0.278. The van der Waals surface area contributed by atoms with Crippen molar-refractivity contribution in [3.8, 4) is 5.75 Å². The van der Waals surface area contributed by atoms with Gasteiger partial charge in [0.1, 0.15) is 5.75 Å². The van der Waals surface area contributed by atoms with Crippen molar-refractivity contribution >= 4 is 5.91 Å².